The summed E-state index contributed by atoms with van der Waals surface area (Å²) < 4.78 is 19.3. The van der Waals surface area contributed by atoms with Crippen LogP contribution in [0.5, 0.6) is 5.75 Å². The summed E-state index contributed by atoms with van der Waals surface area (Å²) >= 11 is 0. The van der Waals surface area contributed by atoms with Gasteiger partial charge in [-0.3, -0.25) is 4.79 Å². The molecule has 5 atom stereocenters. The summed E-state index contributed by atoms with van der Waals surface area (Å²) in [5.41, 5.74) is 2.30. The number of piperazine rings is 1. The Morgan fingerprint density at radius 3 is 2.54 bits per heavy atom. The maximum atomic E-state index is 14.2. The number of nitrogens with one attached hydrogen (secondary N) is 3. The van der Waals surface area contributed by atoms with Crippen molar-refractivity contribution in [3.05, 3.63) is 59.4 Å². The third-order valence-electron chi connectivity index (χ3n) is 9.73. The van der Waals surface area contributed by atoms with E-state index in [4.69, 9.17) is 9.73 Å². The van der Waals surface area contributed by atoms with E-state index in [1.165, 1.54) is 13.2 Å². The van der Waals surface area contributed by atoms with Gasteiger partial charge in [0.1, 0.15) is 11.6 Å². The molecule has 8 heteroatoms. The van der Waals surface area contributed by atoms with Crippen molar-refractivity contribution in [1.29, 1.82) is 0 Å². The number of halogens is 1. The van der Waals surface area contributed by atoms with Gasteiger partial charge in [-0.1, -0.05) is 40.7 Å². The number of benzene rings is 2. The van der Waals surface area contributed by atoms with Crippen LogP contribution in [0.4, 0.5) is 10.1 Å². The zero-order valence-corrected chi connectivity index (χ0v) is 25.8. The lowest BCUT2D eigenvalue weighted by molar-refractivity contribution is 0.0266. The fourth-order valence-corrected chi connectivity index (χ4v) is 6.09. The summed E-state index contributed by atoms with van der Waals surface area (Å²) in [6.07, 6.45) is 1.48. The average molecular weight is 566 g/mol. The van der Waals surface area contributed by atoms with Gasteiger partial charge in [0.2, 0.25) is 0 Å². The van der Waals surface area contributed by atoms with Crippen molar-refractivity contribution in [2.45, 2.75) is 66.5 Å². The number of guanidine groups is 1. The lowest BCUT2D eigenvalue weighted by Crippen LogP contribution is -2.54. The first-order valence-electron chi connectivity index (χ1n) is 15.0. The predicted octanol–water partition coefficient (Wildman–Crippen LogP) is 5.58. The quantitative estimate of drug-likeness (QED) is 0.302. The van der Waals surface area contributed by atoms with Gasteiger partial charge in [-0.2, -0.15) is 0 Å². The molecule has 0 unspecified atom stereocenters. The van der Waals surface area contributed by atoms with Crippen LogP contribution in [0.15, 0.2) is 47.5 Å². The number of ether oxygens (including phenoxy) is 1. The molecule has 1 heterocycles. The van der Waals surface area contributed by atoms with E-state index in [2.05, 4.69) is 62.4 Å². The zero-order valence-electron chi connectivity index (χ0n) is 25.8. The third kappa shape index (κ3) is 7.39. The maximum Gasteiger partial charge on any atom is 0.251 e. The van der Waals surface area contributed by atoms with Crippen LogP contribution < -0.4 is 20.7 Å². The molecule has 0 bridgehead atoms. The molecular formula is C33H48FN5O2. The normalized spacial score (nSPS) is 26.4. The predicted molar refractivity (Wildman–Crippen MR) is 165 cm³/mol. The van der Waals surface area contributed by atoms with Crippen LogP contribution in [0.3, 0.4) is 0 Å². The van der Waals surface area contributed by atoms with Crippen molar-refractivity contribution in [3.8, 4) is 5.75 Å². The third-order valence-corrected chi connectivity index (χ3v) is 9.73. The number of hydrogen-bond acceptors (Lipinski definition) is 4. The molecule has 0 radical (unpaired) electrons. The van der Waals surface area contributed by atoms with E-state index in [1.807, 2.05) is 24.3 Å². The molecule has 1 aliphatic carbocycles. The number of carbonyl (C=O) groups excluding carboxylic acids is 1. The molecule has 2 aromatic carbocycles. The summed E-state index contributed by atoms with van der Waals surface area (Å²) in [6.45, 7) is 17.1. The number of anilines is 1. The lowest BCUT2D eigenvalue weighted by atomic mass is 9.58. The van der Waals surface area contributed by atoms with Gasteiger partial charge in [-0.05, 0) is 78.8 Å². The van der Waals surface area contributed by atoms with Crippen molar-refractivity contribution in [3.63, 3.8) is 0 Å². The Hall–Kier alpha value is -3.13. The fourth-order valence-electron chi connectivity index (χ4n) is 6.09. The Morgan fingerprint density at radius 2 is 1.88 bits per heavy atom. The second-order valence-corrected chi connectivity index (χ2v) is 12.6. The van der Waals surface area contributed by atoms with Crippen molar-refractivity contribution in [2.75, 3.05) is 38.6 Å². The molecule has 0 aromatic heterocycles. The minimum atomic E-state index is -0.333. The maximum absolute atomic E-state index is 14.2. The minimum Gasteiger partial charge on any atom is -0.497 e. The topological polar surface area (TPSA) is 78.0 Å². The molecular weight excluding hydrogens is 517 g/mol. The van der Waals surface area contributed by atoms with E-state index >= 15 is 0 Å². The van der Waals surface area contributed by atoms with E-state index in [0.29, 0.717) is 59.1 Å². The highest BCUT2D eigenvalue weighted by atomic mass is 19.1. The first kappa shape index (κ1) is 30.8. The summed E-state index contributed by atoms with van der Waals surface area (Å²) in [4.78, 5) is 20.5. The van der Waals surface area contributed by atoms with Crippen LogP contribution >= 0.6 is 0 Å². The highest BCUT2D eigenvalue weighted by molar-refractivity contribution is 5.96. The van der Waals surface area contributed by atoms with E-state index in [1.54, 1.807) is 12.1 Å². The van der Waals surface area contributed by atoms with Crippen molar-refractivity contribution >= 4 is 17.6 Å². The first-order valence-corrected chi connectivity index (χ1v) is 15.0. The Morgan fingerprint density at radius 1 is 1.15 bits per heavy atom. The number of amides is 1. The molecule has 2 fully saturated rings. The van der Waals surface area contributed by atoms with E-state index in [0.717, 1.165) is 37.7 Å². The van der Waals surface area contributed by atoms with Gasteiger partial charge in [0.15, 0.2) is 5.96 Å². The van der Waals surface area contributed by atoms with E-state index in [9.17, 15) is 9.18 Å². The van der Waals surface area contributed by atoms with Crippen LogP contribution in [0.2, 0.25) is 0 Å². The molecule has 224 valence electrons. The monoisotopic (exact) mass is 565 g/mol. The Kier molecular flexibility index (Phi) is 9.95. The highest BCUT2D eigenvalue weighted by Gasteiger charge is 2.44. The van der Waals surface area contributed by atoms with Crippen molar-refractivity contribution in [1.82, 2.24) is 15.5 Å². The number of carbonyl (C=O) groups is 1. The highest BCUT2D eigenvalue weighted by Crippen LogP contribution is 2.48. The van der Waals surface area contributed by atoms with Gasteiger partial charge in [0.25, 0.3) is 5.91 Å². The Bertz CT molecular complexity index is 1210. The minimum absolute atomic E-state index is 0.183. The number of nitrogens with zero attached hydrogens (tertiary/aromatic N) is 2. The van der Waals surface area contributed by atoms with Crippen molar-refractivity contribution < 1.29 is 13.9 Å². The van der Waals surface area contributed by atoms with Crippen LogP contribution in [0, 0.1) is 29.0 Å². The van der Waals surface area contributed by atoms with Gasteiger partial charge in [-0.25, -0.2) is 9.38 Å². The molecule has 7 nitrogen and oxygen atoms in total. The molecule has 0 spiro atoms. The van der Waals surface area contributed by atoms with Gasteiger partial charge in [0, 0.05) is 49.5 Å². The molecule has 4 rings (SSSR count). The van der Waals surface area contributed by atoms with Gasteiger partial charge in [-0.15, -0.1) is 0 Å². The summed E-state index contributed by atoms with van der Waals surface area (Å²) in [6, 6.07) is 12.9. The van der Waals surface area contributed by atoms with Crippen LogP contribution in [-0.4, -0.2) is 62.1 Å². The van der Waals surface area contributed by atoms with E-state index < -0.39 is 0 Å². The standard InChI is InChI=1S/C33H48FN5O2/c1-21-18-30(23(3)24(4)33(21,5)6)38-32(39-17-16-35-22(2)20-39)37-27-11-8-26(9-12-27)31(40)36-15-14-25-10-13-28(41-7)19-29(25)34/h8-13,19,21-24,30,35H,14-18,20H2,1-7H3,(H,36,40)(H,37,38)/t21-,22+,23+,24+,30+/m1/s1. The molecule has 1 aliphatic heterocycles. The summed E-state index contributed by atoms with van der Waals surface area (Å²) in [5.74, 6) is 2.51. The fraction of sp³-hybridized carbons (Fsp3) is 0.576. The molecule has 41 heavy (non-hydrogen) atoms. The SMILES string of the molecule is COc1ccc(CCNC(=O)c2ccc(NC(=N[C@H]3C[C@@H](C)C(C)(C)[C@@H](C)[C@@H]3C)N3CCN[C@@H](C)C3)cc2)c(F)c1. The molecule has 1 saturated carbocycles. The van der Waals surface area contributed by atoms with Gasteiger partial charge >= 0.3 is 0 Å². The number of rotatable bonds is 7. The first-order chi connectivity index (χ1) is 19.5. The van der Waals surface area contributed by atoms with Crippen LogP contribution in [-0.2, 0) is 6.42 Å². The Labute approximate surface area is 245 Å². The Balaban J connectivity index is 1.43. The molecule has 1 amide bonds. The van der Waals surface area contributed by atoms with Gasteiger partial charge in [0.05, 0.1) is 13.2 Å². The summed E-state index contributed by atoms with van der Waals surface area (Å²) in [7, 11) is 1.51. The van der Waals surface area contributed by atoms with Crippen LogP contribution in [0.1, 0.15) is 63.9 Å². The lowest BCUT2D eigenvalue weighted by Gasteiger charge is -2.49. The van der Waals surface area contributed by atoms with Crippen molar-refractivity contribution in [2.24, 2.45) is 28.2 Å². The van der Waals surface area contributed by atoms with Crippen LogP contribution in [0.25, 0.3) is 0 Å². The number of aliphatic imine (C=N–C) groups is 1. The molecule has 1 saturated heterocycles. The second kappa shape index (κ2) is 13.2. The molecule has 2 aliphatic rings. The smallest absolute Gasteiger partial charge is 0.251 e. The van der Waals surface area contributed by atoms with Gasteiger partial charge < -0.3 is 25.6 Å². The molecule has 3 N–H and O–H groups in total. The molecule has 2 aromatic rings. The van der Waals surface area contributed by atoms with E-state index in [-0.39, 0.29) is 17.8 Å². The summed E-state index contributed by atoms with van der Waals surface area (Å²) in [5, 5.41) is 10.0. The number of hydrogen-bond donors (Lipinski definition) is 3. The largest absolute Gasteiger partial charge is 0.497 e. The average Bonchev–Trinajstić information content (AvgIpc) is 2.95. The zero-order chi connectivity index (χ0) is 29.7. The number of methoxy groups -OCH3 is 1. The second-order valence-electron chi connectivity index (χ2n) is 12.6.